The molecule has 20 heavy (non-hydrogen) atoms. The van der Waals surface area contributed by atoms with E-state index in [1.807, 2.05) is 0 Å². The topological polar surface area (TPSA) is 38.3 Å². The van der Waals surface area contributed by atoms with Gasteiger partial charge < -0.3 is 10.1 Å². The zero-order valence-electron chi connectivity index (χ0n) is 11.1. The summed E-state index contributed by atoms with van der Waals surface area (Å²) in [5.41, 5.74) is -1.36. The maximum Gasteiger partial charge on any atom is 0.417 e. The molecule has 0 aliphatic carbocycles. The molecule has 3 nitrogen and oxygen atoms in total. The van der Waals surface area contributed by atoms with Gasteiger partial charge in [-0.15, -0.1) is 0 Å². The number of hydrogen-bond acceptors (Lipinski definition) is 2. The highest BCUT2D eigenvalue weighted by Crippen LogP contribution is 2.33. The number of halogens is 4. The number of carbonyl (C=O) groups excluding carboxylic acids is 1. The molecule has 1 aromatic carbocycles. The van der Waals surface area contributed by atoms with Gasteiger partial charge in [0.05, 0.1) is 17.7 Å². The molecule has 112 valence electrons. The number of ether oxygens (including phenoxy) is 1. The van der Waals surface area contributed by atoms with Gasteiger partial charge in [-0.2, -0.15) is 13.2 Å². The summed E-state index contributed by atoms with van der Waals surface area (Å²) < 4.78 is 44.1. The summed E-state index contributed by atoms with van der Waals surface area (Å²) in [6.45, 7) is 4.19. The van der Waals surface area contributed by atoms with Crippen molar-refractivity contribution in [2.45, 2.75) is 26.1 Å². The molecule has 0 aromatic heterocycles. The third-order valence-electron chi connectivity index (χ3n) is 2.48. The molecule has 0 spiro atoms. The number of alkyl halides is 3. The summed E-state index contributed by atoms with van der Waals surface area (Å²) in [6, 6.07) is 3.07. The van der Waals surface area contributed by atoms with Crippen molar-refractivity contribution in [2.75, 3.05) is 13.2 Å². The molecule has 0 fully saturated rings. The van der Waals surface area contributed by atoms with Crippen LogP contribution in [0.15, 0.2) is 22.7 Å². The quantitative estimate of drug-likeness (QED) is 0.877. The van der Waals surface area contributed by atoms with E-state index in [1.165, 1.54) is 6.07 Å². The minimum Gasteiger partial charge on any atom is -0.380 e. The molecule has 1 unspecified atom stereocenters. The fourth-order valence-electron chi connectivity index (χ4n) is 1.59. The lowest BCUT2D eigenvalue weighted by Crippen LogP contribution is -2.36. The lowest BCUT2D eigenvalue weighted by atomic mass is 10.1. The van der Waals surface area contributed by atoms with Gasteiger partial charge in [-0.05, 0) is 32.0 Å². The largest absolute Gasteiger partial charge is 0.417 e. The minimum atomic E-state index is -4.58. The molecular weight excluding hydrogens is 339 g/mol. The number of rotatable bonds is 5. The highest BCUT2D eigenvalue weighted by molar-refractivity contribution is 9.10. The van der Waals surface area contributed by atoms with Crippen LogP contribution in [0.1, 0.15) is 29.8 Å². The second-order valence-electron chi connectivity index (χ2n) is 4.22. The summed E-state index contributed by atoms with van der Waals surface area (Å²) in [7, 11) is 0. The van der Waals surface area contributed by atoms with Crippen LogP contribution in [-0.2, 0) is 10.9 Å². The molecule has 7 heteroatoms. The number of carbonyl (C=O) groups is 1. The number of hydrogen-bond donors (Lipinski definition) is 1. The van der Waals surface area contributed by atoms with Gasteiger partial charge in [0.1, 0.15) is 0 Å². The van der Waals surface area contributed by atoms with Crippen LogP contribution in [0.2, 0.25) is 0 Å². The third kappa shape index (κ3) is 4.79. The Morgan fingerprint density at radius 3 is 2.65 bits per heavy atom. The van der Waals surface area contributed by atoms with Crippen molar-refractivity contribution >= 4 is 21.8 Å². The van der Waals surface area contributed by atoms with Crippen molar-refractivity contribution in [1.29, 1.82) is 0 Å². The van der Waals surface area contributed by atoms with Crippen LogP contribution in [0.3, 0.4) is 0 Å². The SMILES string of the molecule is CCOCC(C)NC(=O)c1ccc(Br)cc1C(F)(F)F. The molecule has 0 aliphatic heterocycles. The molecule has 1 atom stereocenters. The molecule has 0 radical (unpaired) electrons. The van der Waals surface area contributed by atoms with Crippen molar-refractivity contribution in [3.8, 4) is 0 Å². The standard InChI is InChI=1S/C13H15BrF3NO2/c1-3-20-7-8(2)18-12(19)10-5-4-9(14)6-11(10)13(15,16)17/h4-6,8H,3,7H2,1-2H3,(H,18,19). The predicted molar refractivity (Wildman–Crippen MR) is 72.6 cm³/mol. The van der Waals surface area contributed by atoms with E-state index in [4.69, 9.17) is 4.74 Å². The van der Waals surface area contributed by atoms with E-state index in [0.717, 1.165) is 12.1 Å². The first-order chi connectivity index (χ1) is 9.25. The Labute approximate surface area is 123 Å². The molecular formula is C13H15BrF3NO2. The van der Waals surface area contributed by atoms with Crippen molar-refractivity contribution in [3.63, 3.8) is 0 Å². The molecule has 0 saturated carbocycles. The Kier molecular flexibility index (Phi) is 6.01. The summed E-state index contributed by atoms with van der Waals surface area (Å²) in [4.78, 5) is 11.9. The second-order valence-corrected chi connectivity index (χ2v) is 5.14. The number of amides is 1. The second kappa shape index (κ2) is 7.08. The zero-order chi connectivity index (χ0) is 15.3. The molecule has 1 amide bonds. The van der Waals surface area contributed by atoms with Gasteiger partial charge in [0.25, 0.3) is 5.91 Å². The van der Waals surface area contributed by atoms with Crippen molar-refractivity contribution in [1.82, 2.24) is 5.32 Å². The average molecular weight is 354 g/mol. The van der Waals surface area contributed by atoms with Gasteiger partial charge in [0, 0.05) is 17.1 Å². The van der Waals surface area contributed by atoms with Crippen LogP contribution < -0.4 is 5.32 Å². The van der Waals surface area contributed by atoms with Gasteiger partial charge in [0.15, 0.2) is 0 Å². The van der Waals surface area contributed by atoms with E-state index >= 15 is 0 Å². The molecule has 1 N–H and O–H groups in total. The van der Waals surface area contributed by atoms with Crippen LogP contribution >= 0.6 is 15.9 Å². The first kappa shape index (κ1) is 17.0. The highest BCUT2D eigenvalue weighted by Gasteiger charge is 2.35. The number of benzene rings is 1. The molecule has 1 rings (SSSR count). The maximum atomic E-state index is 12.9. The average Bonchev–Trinajstić information content (AvgIpc) is 2.35. The lowest BCUT2D eigenvalue weighted by molar-refractivity contribution is -0.138. The smallest absolute Gasteiger partial charge is 0.380 e. The molecule has 0 saturated heterocycles. The van der Waals surface area contributed by atoms with Gasteiger partial charge in [-0.3, -0.25) is 4.79 Å². The fourth-order valence-corrected chi connectivity index (χ4v) is 1.95. The Morgan fingerprint density at radius 1 is 1.45 bits per heavy atom. The number of nitrogens with one attached hydrogen (secondary N) is 1. The van der Waals surface area contributed by atoms with Crippen LogP contribution in [0.4, 0.5) is 13.2 Å². The van der Waals surface area contributed by atoms with Gasteiger partial charge in [0.2, 0.25) is 0 Å². The van der Waals surface area contributed by atoms with E-state index in [-0.39, 0.29) is 17.1 Å². The molecule has 1 aromatic rings. The first-order valence-corrected chi connectivity index (χ1v) is 6.80. The van der Waals surface area contributed by atoms with Crippen LogP contribution in [0.25, 0.3) is 0 Å². The summed E-state index contributed by atoms with van der Waals surface area (Å²) in [5.74, 6) is -0.767. The highest BCUT2D eigenvalue weighted by atomic mass is 79.9. The maximum absolute atomic E-state index is 12.9. The van der Waals surface area contributed by atoms with E-state index < -0.39 is 23.2 Å². The zero-order valence-corrected chi connectivity index (χ0v) is 12.6. The van der Waals surface area contributed by atoms with Crippen LogP contribution in [-0.4, -0.2) is 25.2 Å². The van der Waals surface area contributed by atoms with E-state index in [2.05, 4.69) is 21.2 Å². The van der Waals surface area contributed by atoms with Gasteiger partial charge in [-0.25, -0.2) is 0 Å². The monoisotopic (exact) mass is 353 g/mol. The van der Waals surface area contributed by atoms with Crippen molar-refractivity contribution < 1.29 is 22.7 Å². The lowest BCUT2D eigenvalue weighted by Gasteiger charge is -2.17. The molecule has 0 bridgehead atoms. The Hall–Kier alpha value is -1.08. The Bertz CT molecular complexity index is 477. The summed E-state index contributed by atoms with van der Waals surface area (Å²) in [6.07, 6.45) is -4.58. The van der Waals surface area contributed by atoms with E-state index in [9.17, 15) is 18.0 Å². The van der Waals surface area contributed by atoms with Crippen LogP contribution in [0.5, 0.6) is 0 Å². The molecule has 0 heterocycles. The Morgan fingerprint density at radius 2 is 2.10 bits per heavy atom. The van der Waals surface area contributed by atoms with Crippen LogP contribution in [0, 0.1) is 0 Å². The summed E-state index contributed by atoms with van der Waals surface area (Å²) >= 11 is 2.97. The van der Waals surface area contributed by atoms with E-state index in [0.29, 0.717) is 6.61 Å². The fraction of sp³-hybridized carbons (Fsp3) is 0.462. The Balaban J connectivity index is 2.93. The third-order valence-corrected chi connectivity index (χ3v) is 2.97. The molecule has 0 aliphatic rings. The van der Waals surface area contributed by atoms with Crippen molar-refractivity contribution in [2.24, 2.45) is 0 Å². The van der Waals surface area contributed by atoms with Gasteiger partial charge >= 0.3 is 6.18 Å². The first-order valence-electron chi connectivity index (χ1n) is 6.01. The van der Waals surface area contributed by atoms with Crippen molar-refractivity contribution in [3.05, 3.63) is 33.8 Å². The van der Waals surface area contributed by atoms with Gasteiger partial charge in [-0.1, -0.05) is 15.9 Å². The minimum absolute atomic E-state index is 0.250. The normalized spacial score (nSPS) is 13.1. The predicted octanol–water partition coefficient (Wildman–Crippen LogP) is 3.62. The van der Waals surface area contributed by atoms with E-state index in [1.54, 1.807) is 13.8 Å². The summed E-state index contributed by atoms with van der Waals surface area (Å²) in [5, 5.41) is 2.48.